The van der Waals surface area contributed by atoms with Crippen molar-refractivity contribution in [1.82, 2.24) is 10.3 Å². The van der Waals surface area contributed by atoms with Gasteiger partial charge in [-0.3, -0.25) is 0 Å². The average Bonchev–Trinajstić information content (AvgIpc) is 3.24. The average molecular weight is 277 g/mol. The van der Waals surface area contributed by atoms with Crippen LogP contribution in [-0.4, -0.2) is 37.8 Å². The smallest absolute Gasteiger partial charge is 0.129 e. The standard InChI is InChI=1S/C16H27N3O/c1-4-7-17-12-14-10-13(2)18-16(11-14)19(8-9-20-3)15-5-6-15/h10-11,15,17H,4-9,12H2,1-3H3. The maximum Gasteiger partial charge on any atom is 0.129 e. The highest BCUT2D eigenvalue weighted by molar-refractivity contribution is 5.45. The van der Waals surface area contributed by atoms with E-state index in [4.69, 9.17) is 9.72 Å². The number of rotatable bonds is 9. The third-order valence-electron chi connectivity index (χ3n) is 3.57. The van der Waals surface area contributed by atoms with Gasteiger partial charge in [-0.05, 0) is 50.4 Å². The van der Waals surface area contributed by atoms with Gasteiger partial charge in [0, 0.05) is 31.9 Å². The zero-order valence-electron chi connectivity index (χ0n) is 13.0. The van der Waals surface area contributed by atoms with E-state index in [1.807, 2.05) is 0 Å². The molecule has 4 nitrogen and oxygen atoms in total. The van der Waals surface area contributed by atoms with E-state index in [0.29, 0.717) is 6.04 Å². The molecular formula is C16H27N3O. The van der Waals surface area contributed by atoms with Gasteiger partial charge in [-0.2, -0.15) is 0 Å². The van der Waals surface area contributed by atoms with Crippen LogP contribution in [0.2, 0.25) is 0 Å². The van der Waals surface area contributed by atoms with Crippen molar-refractivity contribution in [2.75, 3.05) is 31.7 Å². The Labute approximate surface area is 122 Å². The number of hydrogen-bond acceptors (Lipinski definition) is 4. The molecule has 1 N–H and O–H groups in total. The summed E-state index contributed by atoms with van der Waals surface area (Å²) in [7, 11) is 1.76. The lowest BCUT2D eigenvalue weighted by Gasteiger charge is -2.24. The van der Waals surface area contributed by atoms with Crippen LogP contribution in [0, 0.1) is 6.92 Å². The van der Waals surface area contributed by atoms with E-state index in [1.54, 1.807) is 7.11 Å². The number of nitrogens with zero attached hydrogens (tertiary/aromatic N) is 2. The number of ether oxygens (including phenoxy) is 1. The first-order valence-corrected chi connectivity index (χ1v) is 7.68. The van der Waals surface area contributed by atoms with Crippen LogP contribution in [0.5, 0.6) is 0 Å². The molecule has 2 rings (SSSR count). The Hall–Kier alpha value is -1.13. The summed E-state index contributed by atoms with van der Waals surface area (Å²) in [4.78, 5) is 7.12. The van der Waals surface area contributed by atoms with Gasteiger partial charge < -0.3 is 15.0 Å². The number of anilines is 1. The summed E-state index contributed by atoms with van der Waals surface area (Å²) in [6.07, 6.45) is 3.73. The molecule has 0 aromatic carbocycles. The number of methoxy groups -OCH3 is 1. The molecule has 1 aromatic rings. The second-order valence-electron chi connectivity index (χ2n) is 5.57. The predicted molar refractivity (Wildman–Crippen MR) is 83.2 cm³/mol. The first kappa shape index (κ1) is 15.3. The Morgan fingerprint density at radius 3 is 2.85 bits per heavy atom. The highest BCUT2D eigenvalue weighted by Gasteiger charge is 2.29. The van der Waals surface area contributed by atoms with Crippen molar-refractivity contribution in [1.29, 1.82) is 0 Å². The second kappa shape index (κ2) is 7.60. The van der Waals surface area contributed by atoms with Gasteiger partial charge in [0.15, 0.2) is 0 Å². The van der Waals surface area contributed by atoms with E-state index in [0.717, 1.165) is 37.8 Å². The number of aryl methyl sites for hydroxylation is 1. The molecule has 0 spiro atoms. The van der Waals surface area contributed by atoms with Crippen LogP contribution < -0.4 is 10.2 Å². The van der Waals surface area contributed by atoms with Crippen LogP contribution in [0.1, 0.15) is 37.4 Å². The van der Waals surface area contributed by atoms with Crippen molar-refractivity contribution >= 4 is 5.82 Å². The van der Waals surface area contributed by atoms with Crippen molar-refractivity contribution in [2.45, 2.75) is 45.7 Å². The third kappa shape index (κ3) is 4.46. The maximum atomic E-state index is 5.23. The van der Waals surface area contributed by atoms with Gasteiger partial charge in [0.2, 0.25) is 0 Å². The van der Waals surface area contributed by atoms with Gasteiger partial charge in [-0.15, -0.1) is 0 Å². The van der Waals surface area contributed by atoms with Crippen molar-refractivity contribution in [2.24, 2.45) is 0 Å². The summed E-state index contributed by atoms with van der Waals surface area (Å²) < 4.78 is 5.23. The molecule has 20 heavy (non-hydrogen) atoms. The highest BCUT2D eigenvalue weighted by atomic mass is 16.5. The molecular weight excluding hydrogens is 250 g/mol. The van der Waals surface area contributed by atoms with Gasteiger partial charge in [0.05, 0.1) is 6.61 Å². The van der Waals surface area contributed by atoms with Crippen LogP contribution >= 0.6 is 0 Å². The van der Waals surface area contributed by atoms with E-state index in [-0.39, 0.29) is 0 Å². The molecule has 0 amide bonds. The summed E-state index contributed by atoms with van der Waals surface area (Å²) in [5, 5.41) is 3.46. The Kier molecular flexibility index (Phi) is 5.80. The van der Waals surface area contributed by atoms with Gasteiger partial charge in [-0.25, -0.2) is 4.98 Å². The lowest BCUT2D eigenvalue weighted by Crippen LogP contribution is -2.30. The van der Waals surface area contributed by atoms with Crippen molar-refractivity contribution in [3.63, 3.8) is 0 Å². The van der Waals surface area contributed by atoms with E-state index < -0.39 is 0 Å². The molecule has 112 valence electrons. The van der Waals surface area contributed by atoms with Crippen molar-refractivity contribution in [3.05, 3.63) is 23.4 Å². The van der Waals surface area contributed by atoms with Crippen molar-refractivity contribution < 1.29 is 4.74 Å². The maximum absolute atomic E-state index is 5.23. The fourth-order valence-corrected chi connectivity index (χ4v) is 2.44. The number of pyridine rings is 1. The van der Waals surface area contributed by atoms with Crippen LogP contribution in [0.4, 0.5) is 5.82 Å². The van der Waals surface area contributed by atoms with Gasteiger partial charge >= 0.3 is 0 Å². The molecule has 1 fully saturated rings. The quantitative estimate of drug-likeness (QED) is 0.704. The molecule has 1 aromatic heterocycles. The summed E-state index contributed by atoms with van der Waals surface area (Å²) in [5.41, 5.74) is 2.42. The predicted octanol–water partition coefficient (Wildman–Crippen LogP) is 2.50. The molecule has 1 saturated carbocycles. The second-order valence-corrected chi connectivity index (χ2v) is 5.57. The number of aromatic nitrogens is 1. The van der Waals surface area contributed by atoms with Gasteiger partial charge in [-0.1, -0.05) is 6.92 Å². The first-order chi connectivity index (χ1) is 9.74. The third-order valence-corrected chi connectivity index (χ3v) is 3.57. The first-order valence-electron chi connectivity index (χ1n) is 7.68. The zero-order valence-corrected chi connectivity index (χ0v) is 13.0. The molecule has 0 aliphatic heterocycles. The largest absolute Gasteiger partial charge is 0.383 e. The van der Waals surface area contributed by atoms with E-state index in [2.05, 4.69) is 36.2 Å². The molecule has 4 heteroatoms. The fraction of sp³-hybridized carbons (Fsp3) is 0.688. The molecule has 0 atom stereocenters. The minimum absolute atomic E-state index is 0.663. The SMILES string of the molecule is CCCNCc1cc(C)nc(N(CCOC)C2CC2)c1. The van der Waals surface area contributed by atoms with Crippen molar-refractivity contribution in [3.8, 4) is 0 Å². The summed E-state index contributed by atoms with van der Waals surface area (Å²) in [5.74, 6) is 1.11. The van der Waals surface area contributed by atoms with Gasteiger partial charge in [0.25, 0.3) is 0 Å². The summed E-state index contributed by atoms with van der Waals surface area (Å²) >= 11 is 0. The minimum Gasteiger partial charge on any atom is -0.383 e. The normalized spacial score (nSPS) is 14.6. The van der Waals surface area contributed by atoms with E-state index >= 15 is 0 Å². The Morgan fingerprint density at radius 2 is 2.20 bits per heavy atom. The Morgan fingerprint density at radius 1 is 1.40 bits per heavy atom. The van der Waals surface area contributed by atoms with Crippen LogP contribution in [-0.2, 0) is 11.3 Å². The Balaban J connectivity index is 2.07. The highest BCUT2D eigenvalue weighted by Crippen LogP contribution is 2.31. The van der Waals surface area contributed by atoms with E-state index in [9.17, 15) is 0 Å². The summed E-state index contributed by atoms with van der Waals surface area (Å²) in [6, 6.07) is 5.06. The molecule has 0 radical (unpaired) electrons. The zero-order chi connectivity index (χ0) is 14.4. The van der Waals surface area contributed by atoms with Crippen LogP contribution in [0.3, 0.4) is 0 Å². The lowest BCUT2D eigenvalue weighted by molar-refractivity contribution is 0.204. The molecule has 0 unspecified atom stereocenters. The van der Waals surface area contributed by atoms with Gasteiger partial charge in [0.1, 0.15) is 5.82 Å². The summed E-state index contributed by atoms with van der Waals surface area (Å²) in [6.45, 7) is 7.94. The number of nitrogens with one attached hydrogen (secondary N) is 1. The van der Waals surface area contributed by atoms with E-state index in [1.165, 1.54) is 24.8 Å². The molecule has 1 heterocycles. The molecule has 1 aliphatic rings. The topological polar surface area (TPSA) is 37.4 Å². The minimum atomic E-state index is 0.663. The fourth-order valence-electron chi connectivity index (χ4n) is 2.44. The monoisotopic (exact) mass is 277 g/mol. The number of hydrogen-bond donors (Lipinski definition) is 1. The molecule has 0 bridgehead atoms. The molecule has 1 aliphatic carbocycles. The van der Waals surface area contributed by atoms with Crippen LogP contribution in [0.15, 0.2) is 12.1 Å². The lowest BCUT2D eigenvalue weighted by atomic mass is 10.2. The van der Waals surface area contributed by atoms with Crippen LogP contribution in [0.25, 0.3) is 0 Å². The molecule has 0 saturated heterocycles. The Bertz CT molecular complexity index is 418.